The molecule has 0 aromatic heterocycles. The highest BCUT2D eigenvalue weighted by Crippen LogP contribution is 2.38. The molecular formula is C19H13F3N4OS. The van der Waals surface area contributed by atoms with Gasteiger partial charge in [-0.15, -0.1) is 0 Å². The Morgan fingerprint density at radius 1 is 1.18 bits per heavy atom. The first kappa shape index (κ1) is 18.3. The number of carbonyl (C=O) groups is 1. The van der Waals surface area contributed by atoms with E-state index in [-0.39, 0.29) is 10.8 Å². The van der Waals surface area contributed by atoms with E-state index in [4.69, 9.17) is 23.2 Å². The van der Waals surface area contributed by atoms with E-state index in [2.05, 4.69) is 0 Å². The van der Waals surface area contributed by atoms with Gasteiger partial charge in [0.05, 0.1) is 22.9 Å². The number of hydrogen-bond donors (Lipinski definition) is 1. The molecule has 1 fully saturated rings. The summed E-state index contributed by atoms with van der Waals surface area (Å²) in [5.74, 6) is -0.393. The highest BCUT2D eigenvalue weighted by molar-refractivity contribution is 7.80. The molecule has 4 rings (SSSR count). The quantitative estimate of drug-likeness (QED) is 0.586. The van der Waals surface area contributed by atoms with Crippen LogP contribution in [0.4, 0.5) is 24.5 Å². The van der Waals surface area contributed by atoms with Crippen molar-refractivity contribution in [2.75, 3.05) is 10.6 Å². The molecule has 2 aliphatic rings. The third kappa shape index (κ3) is 2.77. The maximum absolute atomic E-state index is 13.3. The zero-order chi connectivity index (χ0) is 20.2. The number of thiocarbonyl (C=S) groups is 1. The summed E-state index contributed by atoms with van der Waals surface area (Å²) in [5.41, 5.74) is 6.70. The molecule has 2 aromatic rings. The number of halogens is 3. The molecule has 1 unspecified atom stereocenters. The first-order chi connectivity index (χ1) is 13.2. The van der Waals surface area contributed by atoms with Crippen molar-refractivity contribution in [3.63, 3.8) is 0 Å². The van der Waals surface area contributed by atoms with Crippen LogP contribution in [0.25, 0.3) is 0 Å². The topological polar surface area (TPSA) is 73.4 Å². The number of amides is 1. The van der Waals surface area contributed by atoms with Crippen molar-refractivity contribution in [1.82, 2.24) is 4.90 Å². The Morgan fingerprint density at radius 3 is 2.61 bits per heavy atom. The van der Waals surface area contributed by atoms with Crippen molar-refractivity contribution in [1.29, 1.82) is 5.26 Å². The highest BCUT2D eigenvalue weighted by atomic mass is 32.1. The molecule has 9 heteroatoms. The number of hydrogen-bond acceptors (Lipinski definition) is 4. The predicted octanol–water partition coefficient (Wildman–Crippen LogP) is 3.22. The molecular weight excluding hydrogens is 389 g/mol. The average molecular weight is 402 g/mol. The van der Waals surface area contributed by atoms with Gasteiger partial charge in [-0.2, -0.15) is 18.4 Å². The Kier molecular flexibility index (Phi) is 4.05. The molecule has 1 amide bonds. The molecule has 2 heterocycles. The summed E-state index contributed by atoms with van der Waals surface area (Å²) in [4.78, 5) is 15.8. The smallest absolute Gasteiger partial charge is 0.399 e. The van der Waals surface area contributed by atoms with E-state index in [1.165, 1.54) is 12.1 Å². The Labute approximate surface area is 163 Å². The van der Waals surface area contributed by atoms with Crippen LogP contribution < -0.4 is 10.6 Å². The molecule has 2 aliphatic heterocycles. The van der Waals surface area contributed by atoms with Gasteiger partial charge in [0.1, 0.15) is 6.04 Å². The van der Waals surface area contributed by atoms with E-state index >= 15 is 0 Å². The lowest BCUT2D eigenvalue weighted by Gasteiger charge is -2.30. The number of nitrogens with zero attached hydrogens (tertiary/aromatic N) is 3. The van der Waals surface area contributed by atoms with Crippen LogP contribution in [0.5, 0.6) is 0 Å². The molecule has 0 bridgehead atoms. The van der Waals surface area contributed by atoms with E-state index in [9.17, 15) is 18.0 Å². The minimum atomic E-state index is -4.72. The predicted molar refractivity (Wildman–Crippen MR) is 100 cm³/mol. The van der Waals surface area contributed by atoms with Gasteiger partial charge >= 0.3 is 6.18 Å². The van der Waals surface area contributed by atoms with Gasteiger partial charge < -0.3 is 10.6 Å². The van der Waals surface area contributed by atoms with Crippen LogP contribution in [0.15, 0.2) is 36.4 Å². The number of nitriles is 1. The fraction of sp³-hybridized carbons (Fsp3) is 0.211. The largest absolute Gasteiger partial charge is 0.417 e. The molecule has 0 saturated carbocycles. The minimum absolute atomic E-state index is 0.000653. The molecule has 28 heavy (non-hydrogen) atoms. The van der Waals surface area contributed by atoms with Gasteiger partial charge in [-0.25, -0.2) is 0 Å². The minimum Gasteiger partial charge on any atom is -0.399 e. The second-order valence-corrected chi connectivity index (χ2v) is 7.04. The van der Waals surface area contributed by atoms with Crippen LogP contribution in [0.3, 0.4) is 0 Å². The van der Waals surface area contributed by atoms with E-state index in [1.807, 2.05) is 6.07 Å². The third-order valence-electron chi connectivity index (χ3n) is 4.99. The third-order valence-corrected chi connectivity index (χ3v) is 5.41. The number of carbonyl (C=O) groups excluding carboxylic acids is 1. The van der Waals surface area contributed by atoms with E-state index in [0.717, 1.165) is 28.2 Å². The van der Waals surface area contributed by atoms with Crippen LogP contribution in [0.2, 0.25) is 0 Å². The Hall–Kier alpha value is -3.12. The second-order valence-electron chi connectivity index (χ2n) is 6.67. The maximum Gasteiger partial charge on any atom is 0.417 e. The number of nitrogens with two attached hydrogens (primary N) is 1. The number of alkyl halides is 3. The normalized spacial score (nSPS) is 18.7. The number of benzene rings is 2. The van der Waals surface area contributed by atoms with Gasteiger partial charge in [-0.3, -0.25) is 9.69 Å². The fourth-order valence-corrected chi connectivity index (χ4v) is 4.02. The van der Waals surface area contributed by atoms with Crippen LogP contribution in [0.1, 0.15) is 22.3 Å². The Morgan fingerprint density at radius 2 is 1.93 bits per heavy atom. The zero-order valence-corrected chi connectivity index (χ0v) is 15.1. The SMILES string of the molecule is N#Cc1ccc(N2C(=O)C3Cc4cc(N)ccc4CN3C2=S)cc1C(F)(F)F. The van der Waals surface area contributed by atoms with E-state index in [1.54, 1.807) is 17.0 Å². The van der Waals surface area contributed by atoms with Crippen LogP contribution in [-0.2, 0) is 23.9 Å². The van der Waals surface area contributed by atoms with Crippen molar-refractivity contribution in [2.45, 2.75) is 25.2 Å². The van der Waals surface area contributed by atoms with Crippen molar-refractivity contribution in [2.24, 2.45) is 0 Å². The molecule has 1 atom stereocenters. The zero-order valence-electron chi connectivity index (χ0n) is 14.3. The molecule has 5 nitrogen and oxygen atoms in total. The van der Waals surface area contributed by atoms with Crippen molar-refractivity contribution >= 4 is 34.6 Å². The highest BCUT2D eigenvalue weighted by Gasteiger charge is 2.46. The number of fused-ring (bicyclic) bond motifs is 2. The Bertz CT molecular complexity index is 1060. The van der Waals surface area contributed by atoms with Crippen LogP contribution >= 0.6 is 12.2 Å². The summed E-state index contributed by atoms with van der Waals surface area (Å²) in [6, 6.07) is 9.52. The molecule has 2 aromatic carbocycles. The molecule has 0 aliphatic carbocycles. The summed E-state index contributed by atoms with van der Waals surface area (Å²) in [6.45, 7) is 0.379. The van der Waals surface area contributed by atoms with Gasteiger partial charge in [0.2, 0.25) is 0 Å². The lowest BCUT2D eigenvalue weighted by molar-refractivity contribution is -0.137. The molecule has 0 spiro atoms. The fourth-order valence-electron chi connectivity index (χ4n) is 3.64. The molecule has 2 N–H and O–H groups in total. The Balaban J connectivity index is 1.73. The first-order valence-corrected chi connectivity index (χ1v) is 8.74. The molecule has 0 radical (unpaired) electrons. The van der Waals surface area contributed by atoms with Gasteiger partial charge in [0, 0.05) is 18.7 Å². The first-order valence-electron chi connectivity index (χ1n) is 8.34. The summed E-state index contributed by atoms with van der Waals surface area (Å²) in [5, 5.41) is 9.11. The van der Waals surface area contributed by atoms with Gasteiger partial charge in [-0.05, 0) is 53.7 Å². The lowest BCUT2D eigenvalue weighted by atomic mass is 9.94. The van der Waals surface area contributed by atoms with Crippen molar-refractivity contribution in [3.8, 4) is 6.07 Å². The average Bonchev–Trinajstić information content (AvgIpc) is 2.89. The number of anilines is 2. The van der Waals surface area contributed by atoms with Gasteiger partial charge in [-0.1, -0.05) is 6.07 Å². The molecule has 1 saturated heterocycles. The summed E-state index contributed by atoms with van der Waals surface area (Å²) in [6.07, 6.45) is -4.34. The standard InChI is InChI=1S/C19H13F3N4OS/c20-19(21,22)15-7-14(4-2-10(15)8-23)26-17(27)16-6-12-5-13(24)3-1-11(12)9-25(16)18(26)28/h1-5,7,16H,6,9,24H2. The summed E-state index contributed by atoms with van der Waals surface area (Å²) in [7, 11) is 0. The summed E-state index contributed by atoms with van der Waals surface area (Å²) < 4.78 is 39.9. The summed E-state index contributed by atoms with van der Waals surface area (Å²) >= 11 is 5.41. The van der Waals surface area contributed by atoms with Crippen molar-refractivity contribution in [3.05, 3.63) is 58.7 Å². The van der Waals surface area contributed by atoms with Gasteiger partial charge in [0.25, 0.3) is 5.91 Å². The van der Waals surface area contributed by atoms with E-state index in [0.29, 0.717) is 18.7 Å². The van der Waals surface area contributed by atoms with Crippen molar-refractivity contribution < 1.29 is 18.0 Å². The number of nitrogen functional groups attached to an aromatic ring is 1. The lowest BCUT2D eigenvalue weighted by Crippen LogP contribution is -2.39. The number of rotatable bonds is 1. The van der Waals surface area contributed by atoms with Gasteiger partial charge in [0.15, 0.2) is 5.11 Å². The van der Waals surface area contributed by atoms with Crippen LogP contribution in [0, 0.1) is 11.3 Å². The molecule has 142 valence electrons. The van der Waals surface area contributed by atoms with E-state index < -0.39 is 29.3 Å². The van der Waals surface area contributed by atoms with Crippen LogP contribution in [-0.4, -0.2) is 22.0 Å². The second kappa shape index (κ2) is 6.21. The maximum atomic E-state index is 13.3. The monoisotopic (exact) mass is 402 g/mol.